The standard InChI is InChI=1S/C21H20BrO2P/c1-2-24-21(23)25(22,18-12-6-3-7-13-18,19-14-8-4-9-15-19)20-16-10-5-11-17-20/h3-17H,2H2,1H3. The summed E-state index contributed by atoms with van der Waals surface area (Å²) in [4.78, 5) is 13.6. The van der Waals surface area contributed by atoms with Crippen molar-refractivity contribution in [3.63, 3.8) is 0 Å². The number of rotatable bonds is 5. The topological polar surface area (TPSA) is 26.3 Å². The van der Waals surface area contributed by atoms with Crippen molar-refractivity contribution in [2.75, 3.05) is 6.61 Å². The summed E-state index contributed by atoms with van der Waals surface area (Å²) in [5.41, 5.74) is -0.225. The molecule has 0 amide bonds. The van der Waals surface area contributed by atoms with E-state index >= 15 is 0 Å². The average molecular weight is 415 g/mol. The van der Waals surface area contributed by atoms with Gasteiger partial charge in [-0.15, -0.1) is 0 Å². The van der Waals surface area contributed by atoms with Crippen molar-refractivity contribution in [2.24, 2.45) is 0 Å². The van der Waals surface area contributed by atoms with E-state index in [9.17, 15) is 4.79 Å². The van der Waals surface area contributed by atoms with Crippen molar-refractivity contribution < 1.29 is 9.53 Å². The Morgan fingerprint density at radius 2 is 1.08 bits per heavy atom. The summed E-state index contributed by atoms with van der Waals surface area (Å²) in [6.07, 6.45) is 0. The Kier molecular flexibility index (Phi) is 5.08. The maximum atomic E-state index is 13.6. The van der Waals surface area contributed by atoms with E-state index in [0.29, 0.717) is 6.61 Å². The molecule has 0 atom stereocenters. The van der Waals surface area contributed by atoms with Crippen LogP contribution >= 0.6 is 20.8 Å². The van der Waals surface area contributed by atoms with Crippen LogP contribution in [0, 0.1) is 0 Å². The van der Waals surface area contributed by atoms with E-state index in [2.05, 4.69) is 15.5 Å². The second-order valence-corrected chi connectivity index (χ2v) is 13.9. The zero-order valence-corrected chi connectivity index (χ0v) is 16.5. The van der Waals surface area contributed by atoms with Crippen LogP contribution in [0.2, 0.25) is 0 Å². The summed E-state index contributed by atoms with van der Waals surface area (Å²) in [5, 5.41) is -0.806. The molecular weight excluding hydrogens is 395 g/mol. The molecule has 0 radical (unpaired) electrons. The van der Waals surface area contributed by atoms with Crippen molar-refractivity contribution in [1.82, 2.24) is 0 Å². The van der Waals surface area contributed by atoms with Gasteiger partial charge in [-0.25, -0.2) is 0 Å². The van der Waals surface area contributed by atoms with E-state index in [-0.39, 0.29) is 5.71 Å². The van der Waals surface area contributed by atoms with E-state index in [0.717, 1.165) is 15.9 Å². The van der Waals surface area contributed by atoms with Gasteiger partial charge in [0.15, 0.2) is 0 Å². The first kappa shape index (κ1) is 17.8. The molecule has 128 valence electrons. The number of carbonyl (C=O) groups is 1. The zero-order chi connectivity index (χ0) is 17.8. The SMILES string of the molecule is CCOC(=O)P(Br)(c1ccccc1)(c1ccccc1)c1ccccc1. The predicted octanol–water partition coefficient (Wildman–Crippen LogP) is 4.98. The van der Waals surface area contributed by atoms with E-state index in [1.807, 2.05) is 97.9 Å². The van der Waals surface area contributed by atoms with Gasteiger partial charge in [-0.05, 0) is 0 Å². The van der Waals surface area contributed by atoms with Gasteiger partial charge < -0.3 is 0 Å². The molecule has 2 nitrogen and oxygen atoms in total. The molecule has 0 aliphatic rings. The van der Waals surface area contributed by atoms with Crippen LogP contribution in [0.1, 0.15) is 6.92 Å². The molecule has 25 heavy (non-hydrogen) atoms. The molecule has 4 heteroatoms. The Hall–Kier alpha value is -1.96. The summed E-state index contributed by atoms with van der Waals surface area (Å²) in [7, 11) is 0. The van der Waals surface area contributed by atoms with Gasteiger partial charge in [0.25, 0.3) is 0 Å². The molecule has 3 aromatic carbocycles. The van der Waals surface area contributed by atoms with Crippen molar-refractivity contribution in [3.05, 3.63) is 91.0 Å². The number of hydrogen-bond acceptors (Lipinski definition) is 2. The summed E-state index contributed by atoms with van der Waals surface area (Å²) < 4.78 is 5.65. The number of hydrogen-bond donors (Lipinski definition) is 0. The van der Waals surface area contributed by atoms with E-state index in [4.69, 9.17) is 4.74 Å². The van der Waals surface area contributed by atoms with Crippen LogP contribution in [0.5, 0.6) is 0 Å². The zero-order valence-electron chi connectivity index (χ0n) is 14.0. The molecular formula is C21H20BrO2P. The minimum atomic E-state index is -3.61. The summed E-state index contributed by atoms with van der Waals surface area (Å²) in [5.74, 6) is 0. The van der Waals surface area contributed by atoms with Crippen LogP contribution in [0.25, 0.3) is 0 Å². The van der Waals surface area contributed by atoms with Crippen LogP contribution in [-0.4, -0.2) is 12.3 Å². The predicted molar refractivity (Wildman–Crippen MR) is 111 cm³/mol. The monoisotopic (exact) mass is 414 g/mol. The first-order valence-corrected chi connectivity index (χ1v) is 12.5. The fourth-order valence-electron chi connectivity index (χ4n) is 3.13. The van der Waals surface area contributed by atoms with Gasteiger partial charge in [0.2, 0.25) is 0 Å². The van der Waals surface area contributed by atoms with Crippen LogP contribution in [0.15, 0.2) is 91.0 Å². The fraction of sp³-hybridized carbons (Fsp3) is 0.0952. The van der Waals surface area contributed by atoms with Gasteiger partial charge in [0.1, 0.15) is 0 Å². The van der Waals surface area contributed by atoms with Gasteiger partial charge >= 0.3 is 156 Å². The summed E-state index contributed by atoms with van der Waals surface area (Å²) in [6, 6.07) is 29.7. The van der Waals surface area contributed by atoms with Crippen molar-refractivity contribution in [3.8, 4) is 0 Å². The summed E-state index contributed by atoms with van der Waals surface area (Å²) >= 11 is 4.04. The Morgan fingerprint density at radius 1 is 0.760 bits per heavy atom. The van der Waals surface area contributed by atoms with Gasteiger partial charge in [-0.3, -0.25) is 0 Å². The Bertz CT molecular complexity index is 751. The van der Waals surface area contributed by atoms with Crippen LogP contribution in [0.4, 0.5) is 4.79 Å². The molecule has 0 aliphatic heterocycles. The average Bonchev–Trinajstić information content (AvgIpc) is 2.69. The molecule has 0 heterocycles. The third-order valence-electron chi connectivity index (χ3n) is 4.33. The second-order valence-electron chi connectivity index (χ2n) is 5.71. The molecule has 0 aliphatic carbocycles. The van der Waals surface area contributed by atoms with Crippen LogP contribution in [0.3, 0.4) is 0 Å². The Morgan fingerprint density at radius 3 is 1.36 bits per heavy atom. The third-order valence-corrected chi connectivity index (χ3v) is 13.5. The second kappa shape index (κ2) is 7.11. The fourth-order valence-corrected chi connectivity index (χ4v) is 9.66. The molecule has 0 fully saturated rings. The minimum absolute atomic E-state index is 0.225. The maximum absolute atomic E-state index is 13.6. The van der Waals surface area contributed by atoms with Gasteiger partial charge in [-0.1, -0.05) is 0 Å². The van der Waals surface area contributed by atoms with Crippen molar-refractivity contribution in [2.45, 2.75) is 6.92 Å². The molecule has 0 bridgehead atoms. The van der Waals surface area contributed by atoms with E-state index in [1.165, 1.54) is 0 Å². The summed E-state index contributed by atoms with van der Waals surface area (Å²) in [6.45, 7) is 2.17. The molecule has 3 rings (SSSR count). The molecule has 3 aromatic rings. The van der Waals surface area contributed by atoms with Gasteiger partial charge in [-0.2, -0.15) is 0 Å². The van der Waals surface area contributed by atoms with Crippen molar-refractivity contribution >= 4 is 42.4 Å². The van der Waals surface area contributed by atoms with E-state index in [1.54, 1.807) is 0 Å². The third kappa shape index (κ3) is 2.72. The normalized spacial score (nSPS) is 12.8. The van der Waals surface area contributed by atoms with E-state index < -0.39 is 5.31 Å². The van der Waals surface area contributed by atoms with Crippen LogP contribution < -0.4 is 15.9 Å². The molecule has 0 N–H and O–H groups in total. The molecule has 0 saturated carbocycles. The number of benzene rings is 3. The first-order chi connectivity index (χ1) is 12.1. The molecule has 0 unspecified atom stereocenters. The van der Waals surface area contributed by atoms with Crippen molar-refractivity contribution in [1.29, 1.82) is 0 Å². The van der Waals surface area contributed by atoms with Gasteiger partial charge in [0, 0.05) is 0 Å². The molecule has 0 spiro atoms. The Labute approximate surface area is 156 Å². The first-order valence-electron chi connectivity index (χ1n) is 8.20. The molecule has 0 saturated heterocycles. The van der Waals surface area contributed by atoms with Crippen LogP contribution in [-0.2, 0) is 4.74 Å². The van der Waals surface area contributed by atoms with Gasteiger partial charge in [0.05, 0.1) is 0 Å². The quantitative estimate of drug-likeness (QED) is 0.550. The Balaban J connectivity index is 2.47. The number of halogens is 1. The number of ether oxygens (including phenoxy) is 1. The number of carbonyl (C=O) groups excluding carboxylic acids is 1. The molecule has 0 aromatic heterocycles.